The Hall–Kier alpha value is -2.75. The molecule has 15 nitrogen and oxygen atoms in total. The van der Waals surface area contributed by atoms with E-state index in [1.807, 2.05) is 0 Å². The van der Waals surface area contributed by atoms with Crippen molar-refractivity contribution in [3.8, 4) is 11.5 Å². The Labute approximate surface area is 221 Å². The fraction of sp³-hybridized carbons (Fsp3) is 0.476. The molecule has 0 bridgehead atoms. The van der Waals surface area contributed by atoms with Crippen molar-refractivity contribution in [1.82, 2.24) is 14.6 Å². The lowest BCUT2D eigenvalue weighted by molar-refractivity contribution is -0.145. The number of nitrogens with two attached hydrogens (primary N) is 1. The fourth-order valence-electron chi connectivity index (χ4n) is 3.49. The minimum atomic E-state index is -4.65. The Morgan fingerprint density at radius 2 is 2.11 bits per heavy atom. The van der Waals surface area contributed by atoms with Gasteiger partial charge in [-0.25, -0.2) is 14.4 Å². The number of hydrogen-bond donors (Lipinski definition) is 5. The molecule has 2 aromatic rings. The van der Waals surface area contributed by atoms with Crippen molar-refractivity contribution in [3.05, 3.63) is 46.0 Å². The Kier molecular flexibility index (Phi) is 9.39. The molecule has 1 aromatic heterocycles. The van der Waals surface area contributed by atoms with E-state index in [1.54, 1.807) is 6.92 Å². The number of esters is 1. The van der Waals surface area contributed by atoms with E-state index < -0.39 is 49.5 Å². The van der Waals surface area contributed by atoms with Gasteiger partial charge in [0, 0.05) is 17.3 Å². The minimum Gasteiger partial charge on any atom is -0.487 e. The number of carbonyl (C=O) groups excluding carboxylic acids is 1. The lowest BCUT2D eigenvalue weighted by Crippen LogP contribution is -2.46. The Bertz CT molecular complexity index is 1260. The average Bonchev–Trinajstić information content (AvgIpc) is 3.05. The second-order valence-electron chi connectivity index (χ2n) is 8.42. The van der Waals surface area contributed by atoms with Gasteiger partial charge in [-0.1, -0.05) is 16.3 Å². The summed E-state index contributed by atoms with van der Waals surface area (Å²) in [6.45, 7) is 3.85. The molecule has 2 heterocycles. The number of nitrogens with one attached hydrogen (secondary N) is 1. The zero-order valence-electron chi connectivity index (χ0n) is 20.5. The van der Waals surface area contributed by atoms with Crippen molar-refractivity contribution in [2.75, 3.05) is 18.9 Å². The second-order valence-corrected chi connectivity index (χ2v) is 10.3. The molecule has 0 amide bonds. The van der Waals surface area contributed by atoms with E-state index >= 15 is 0 Å². The van der Waals surface area contributed by atoms with Gasteiger partial charge in [-0.05, 0) is 39.0 Å². The molecule has 0 aliphatic carbocycles. The lowest BCUT2D eigenvalue weighted by atomic mass is 9.96. The van der Waals surface area contributed by atoms with Gasteiger partial charge in [0.1, 0.15) is 36.3 Å². The number of hydrogen-bond acceptors (Lipinski definition) is 12. The molecule has 0 saturated carbocycles. The topological polar surface area (TPSA) is 214 Å². The molecule has 3 rings (SSSR count). The van der Waals surface area contributed by atoms with Gasteiger partial charge in [-0.3, -0.25) is 9.36 Å². The van der Waals surface area contributed by atoms with E-state index in [-0.39, 0.29) is 35.6 Å². The molecule has 0 spiro atoms. The lowest BCUT2D eigenvalue weighted by Gasteiger charge is -2.27. The summed E-state index contributed by atoms with van der Waals surface area (Å²) in [6, 6.07) is 4.10. The minimum absolute atomic E-state index is 0.0296. The maximum absolute atomic E-state index is 12.3. The molecule has 1 aliphatic rings. The average molecular weight is 579 g/mol. The van der Waals surface area contributed by atoms with Crippen molar-refractivity contribution in [2.45, 2.75) is 50.8 Å². The number of nitrogen functional groups attached to an aromatic ring is 1. The summed E-state index contributed by atoms with van der Waals surface area (Å²) in [5, 5.41) is 23.8. The van der Waals surface area contributed by atoms with Crippen LogP contribution in [0.2, 0.25) is 5.02 Å². The summed E-state index contributed by atoms with van der Waals surface area (Å²) >= 11 is 6.02. The van der Waals surface area contributed by atoms with Crippen LogP contribution < -0.4 is 26.1 Å². The zero-order valence-corrected chi connectivity index (χ0v) is 22.2. The highest BCUT2D eigenvalue weighted by Crippen LogP contribution is 2.42. The number of anilines is 1. The van der Waals surface area contributed by atoms with Crippen molar-refractivity contribution in [3.63, 3.8) is 0 Å². The molecule has 0 radical (unpaired) electrons. The number of aliphatic hydroxyl groups is 2. The van der Waals surface area contributed by atoms with Crippen LogP contribution in [0.3, 0.4) is 0 Å². The van der Waals surface area contributed by atoms with Crippen LogP contribution in [-0.2, 0) is 23.5 Å². The van der Waals surface area contributed by atoms with Gasteiger partial charge in [0.05, 0.1) is 6.61 Å². The molecule has 38 heavy (non-hydrogen) atoms. The Morgan fingerprint density at radius 1 is 1.39 bits per heavy atom. The van der Waals surface area contributed by atoms with Crippen LogP contribution in [0, 0.1) is 0 Å². The predicted molar refractivity (Wildman–Crippen MR) is 131 cm³/mol. The van der Waals surface area contributed by atoms with E-state index in [1.165, 1.54) is 44.3 Å². The van der Waals surface area contributed by atoms with Gasteiger partial charge in [-0.2, -0.15) is 4.98 Å². The van der Waals surface area contributed by atoms with Gasteiger partial charge in [-0.15, -0.1) is 0 Å². The van der Waals surface area contributed by atoms with Crippen molar-refractivity contribution < 1.29 is 48.2 Å². The highest BCUT2D eigenvalue weighted by atomic mass is 35.5. The summed E-state index contributed by atoms with van der Waals surface area (Å²) in [6.07, 6.45) is -2.71. The third-order valence-electron chi connectivity index (χ3n) is 5.39. The largest absolute Gasteiger partial charge is 0.487 e. The molecule has 1 aliphatic heterocycles. The second kappa shape index (κ2) is 12.0. The van der Waals surface area contributed by atoms with Crippen molar-refractivity contribution >= 4 is 31.1 Å². The molecule has 6 atom stereocenters. The van der Waals surface area contributed by atoms with Gasteiger partial charge in [0.15, 0.2) is 12.0 Å². The first-order valence-corrected chi connectivity index (χ1v) is 13.2. The number of benzene rings is 1. The maximum atomic E-state index is 12.3. The molecular weight excluding hydrogens is 551 g/mol. The maximum Gasteiger partial charge on any atom is 0.440 e. The first-order chi connectivity index (χ1) is 17.7. The van der Waals surface area contributed by atoms with E-state index in [4.69, 9.17) is 36.4 Å². The number of aromatic nitrogens is 2. The molecule has 1 aromatic carbocycles. The first kappa shape index (κ1) is 29.8. The van der Waals surface area contributed by atoms with Crippen LogP contribution >= 0.6 is 19.3 Å². The highest BCUT2D eigenvalue weighted by Gasteiger charge is 2.53. The van der Waals surface area contributed by atoms with Crippen molar-refractivity contribution in [1.29, 1.82) is 0 Å². The Balaban J connectivity index is 1.70. The first-order valence-electron chi connectivity index (χ1n) is 11.2. The van der Waals surface area contributed by atoms with E-state index in [9.17, 15) is 29.3 Å². The number of nitrogens with zero attached hydrogens (tertiary/aromatic N) is 2. The molecule has 6 N–H and O–H groups in total. The number of halogens is 1. The normalized spacial score (nSPS) is 25.4. The van der Waals surface area contributed by atoms with Crippen LogP contribution in [0.15, 0.2) is 35.3 Å². The molecule has 210 valence electrons. The Morgan fingerprint density at radius 3 is 2.76 bits per heavy atom. The standard InChI is InChI=1S/C21H28ClN4O11P/c1-4-33-18(28)11(2)25-38(31,32)37-36-13-6-5-12(22)9-14(13)34-10-15-17(27)21(3,30)19(35-15)26-8-7-16(23)24-20(26)29/h5-9,11,15,17,19,27,30H,4,10H2,1-3H3,(H2,23,24,29)(H2,25,31,32)/t11-,15+,17+,19+,21+/m0/s1. The number of carbonyl (C=O) groups is 1. The van der Waals surface area contributed by atoms with Gasteiger partial charge < -0.3 is 39.9 Å². The molecular formula is C21H28ClN4O11P. The van der Waals surface area contributed by atoms with Crippen LogP contribution in [-0.4, -0.2) is 67.7 Å². The summed E-state index contributed by atoms with van der Waals surface area (Å²) in [7, 11) is -4.65. The van der Waals surface area contributed by atoms with Crippen LogP contribution in [0.25, 0.3) is 0 Å². The fourth-order valence-corrected chi connectivity index (χ4v) is 4.48. The van der Waals surface area contributed by atoms with E-state index in [0.717, 1.165) is 4.57 Å². The summed E-state index contributed by atoms with van der Waals surface area (Å²) in [5.74, 6) is -1.08. The number of aliphatic hydroxyl groups excluding tert-OH is 1. The molecule has 1 saturated heterocycles. The highest BCUT2D eigenvalue weighted by molar-refractivity contribution is 7.50. The third-order valence-corrected chi connectivity index (χ3v) is 6.62. The van der Waals surface area contributed by atoms with Crippen LogP contribution in [0.1, 0.15) is 27.0 Å². The zero-order chi connectivity index (χ0) is 28.3. The van der Waals surface area contributed by atoms with Crippen molar-refractivity contribution in [2.24, 2.45) is 0 Å². The smallest absolute Gasteiger partial charge is 0.440 e. The molecule has 1 fully saturated rings. The summed E-state index contributed by atoms with van der Waals surface area (Å²) in [4.78, 5) is 42.5. The number of ether oxygens (including phenoxy) is 3. The summed E-state index contributed by atoms with van der Waals surface area (Å²) in [5.41, 5.74) is 2.78. The molecule has 1 unspecified atom stereocenters. The molecule has 17 heteroatoms. The van der Waals surface area contributed by atoms with Crippen LogP contribution in [0.5, 0.6) is 11.5 Å². The predicted octanol–water partition coefficient (Wildman–Crippen LogP) is 0.519. The van der Waals surface area contributed by atoms with E-state index in [2.05, 4.69) is 14.7 Å². The van der Waals surface area contributed by atoms with Gasteiger partial charge >= 0.3 is 19.4 Å². The van der Waals surface area contributed by atoms with Gasteiger partial charge in [0.25, 0.3) is 0 Å². The summed E-state index contributed by atoms with van der Waals surface area (Å²) < 4.78 is 34.0. The monoisotopic (exact) mass is 578 g/mol. The quantitative estimate of drug-likeness (QED) is 0.106. The SMILES string of the molecule is CCOC(=O)[C@H](C)NP(=O)(O)OOc1ccc(Cl)cc1OC[C@H]1O[C@@H](n2ccc(N)nc2=O)[C@](C)(O)[C@@H]1O. The number of rotatable bonds is 11. The van der Waals surface area contributed by atoms with Gasteiger partial charge in [0.2, 0.25) is 5.75 Å². The third kappa shape index (κ3) is 7.01. The van der Waals surface area contributed by atoms with E-state index in [0.29, 0.717) is 0 Å². The van der Waals surface area contributed by atoms with Crippen LogP contribution in [0.4, 0.5) is 5.82 Å².